The van der Waals surface area contributed by atoms with Crippen LogP contribution in [0.1, 0.15) is 44.9 Å². The topological polar surface area (TPSA) is 57.7 Å². The van der Waals surface area contributed by atoms with Gasteiger partial charge >= 0.3 is 0 Å². The molecule has 134 valence electrons. The van der Waals surface area contributed by atoms with Crippen molar-refractivity contribution in [3.05, 3.63) is 17.5 Å². The Labute approximate surface area is 148 Å². The van der Waals surface area contributed by atoms with E-state index in [0.717, 1.165) is 51.5 Å². The highest BCUT2D eigenvalue weighted by atomic mass is 32.2. The number of sulfonamides is 1. The molecule has 1 saturated carbocycles. The summed E-state index contributed by atoms with van der Waals surface area (Å²) in [4.78, 5) is 14.6. The molecule has 2 heterocycles. The van der Waals surface area contributed by atoms with Gasteiger partial charge in [-0.25, -0.2) is 8.42 Å². The molecule has 0 bridgehead atoms. The summed E-state index contributed by atoms with van der Waals surface area (Å²) in [5, 5.41) is 1.80. The van der Waals surface area contributed by atoms with Crippen LogP contribution in [0.3, 0.4) is 0 Å². The lowest BCUT2D eigenvalue weighted by atomic mass is 10.0. The maximum Gasteiger partial charge on any atom is 0.252 e. The number of hydrogen-bond donors (Lipinski definition) is 0. The molecule has 2 fully saturated rings. The fraction of sp³-hybridized carbons (Fsp3) is 0.706. The fourth-order valence-electron chi connectivity index (χ4n) is 3.93. The molecule has 1 aromatic heterocycles. The van der Waals surface area contributed by atoms with Gasteiger partial charge in [-0.2, -0.15) is 4.31 Å². The predicted molar refractivity (Wildman–Crippen MR) is 95.4 cm³/mol. The average Bonchev–Trinajstić information content (AvgIpc) is 3.23. The van der Waals surface area contributed by atoms with Crippen LogP contribution in [0.4, 0.5) is 0 Å². The Balaban J connectivity index is 1.94. The van der Waals surface area contributed by atoms with Crippen LogP contribution in [0.2, 0.25) is 0 Å². The zero-order valence-corrected chi connectivity index (χ0v) is 15.8. The molecule has 0 radical (unpaired) electrons. The predicted octanol–water partition coefficient (Wildman–Crippen LogP) is 2.94. The van der Waals surface area contributed by atoms with Crippen molar-refractivity contribution >= 4 is 27.3 Å². The molecule has 1 aliphatic carbocycles. The van der Waals surface area contributed by atoms with Crippen molar-refractivity contribution in [1.82, 2.24) is 9.21 Å². The molecule has 1 aromatic rings. The maximum absolute atomic E-state index is 13.1. The molecule has 24 heavy (non-hydrogen) atoms. The molecular formula is C17H26N2O3S2. The van der Waals surface area contributed by atoms with Crippen LogP contribution >= 0.6 is 11.3 Å². The first kappa shape index (κ1) is 17.9. The van der Waals surface area contributed by atoms with Gasteiger partial charge in [0.1, 0.15) is 4.21 Å². The molecule has 0 unspecified atom stereocenters. The summed E-state index contributed by atoms with van der Waals surface area (Å²) in [6.07, 6.45) is 6.42. The molecule has 0 aromatic carbocycles. The van der Waals surface area contributed by atoms with E-state index in [2.05, 4.69) is 0 Å². The molecule has 1 amide bonds. The molecule has 0 N–H and O–H groups in total. The highest BCUT2D eigenvalue weighted by molar-refractivity contribution is 7.91. The van der Waals surface area contributed by atoms with E-state index in [-0.39, 0.29) is 17.9 Å². The van der Waals surface area contributed by atoms with Gasteiger partial charge in [0, 0.05) is 26.2 Å². The van der Waals surface area contributed by atoms with Gasteiger partial charge < -0.3 is 4.90 Å². The first-order valence-electron chi connectivity index (χ1n) is 8.82. The highest BCUT2D eigenvalue weighted by Crippen LogP contribution is 2.36. The second-order valence-electron chi connectivity index (χ2n) is 6.83. The minimum Gasteiger partial charge on any atom is -0.345 e. The van der Waals surface area contributed by atoms with Crippen LogP contribution in [-0.2, 0) is 14.8 Å². The summed E-state index contributed by atoms with van der Waals surface area (Å²) < 4.78 is 28.3. The summed E-state index contributed by atoms with van der Waals surface area (Å²) in [6.45, 7) is 1.30. The minimum atomic E-state index is -3.51. The lowest BCUT2D eigenvalue weighted by molar-refractivity contribution is -0.135. The Morgan fingerprint density at radius 3 is 2.54 bits per heavy atom. The second-order valence-corrected chi connectivity index (χ2v) is 9.89. The van der Waals surface area contributed by atoms with E-state index >= 15 is 0 Å². The number of hydrogen-bond acceptors (Lipinski definition) is 4. The first-order valence-corrected chi connectivity index (χ1v) is 11.1. The van der Waals surface area contributed by atoms with Crippen molar-refractivity contribution in [2.75, 3.05) is 20.1 Å². The monoisotopic (exact) mass is 370 g/mol. The van der Waals surface area contributed by atoms with Crippen molar-refractivity contribution in [3.63, 3.8) is 0 Å². The quantitative estimate of drug-likeness (QED) is 0.804. The van der Waals surface area contributed by atoms with E-state index in [1.165, 1.54) is 11.3 Å². The third-order valence-corrected chi connectivity index (χ3v) is 8.52. The van der Waals surface area contributed by atoms with Crippen LogP contribution in [0.15, 0.2) is 21.7 Å². The van der Waals surface area contributed by atoms with Gasteiger partial charge in [0.25, 0.3) is 10.0 Å². The zero-order chi connectivity index (χ0) is 17.2. The number of carbonyl (C=O) groups is 1. The summed E-state index contributed by atoms with van der Waals surface area (Å²) in [5.41, 5.74) is 0. The van der Waals surface area contributed by atoms with Crippen LogP contribution in [0.5, 0.6) is 0 Å². The fourth-order valence-corrected chi connectivity index (χ4v) is 6.78. The third-order valence-electron chi connectivity index (χ3n) is 5.22. The van der Waals surface area contributed by atoms with E-state index in [1.54, 1.807) is 21.8 Å². The lowest BCUT2D eigenvalue weighted by Gasteiger charge is -2.32. The Hall–Kier alpha value is -0.920. The third kappa shape index (κ3) is 3.53. The second kappa shape index (κ2) is 7.54. The summed E-state index contributed by atoms with van der Waals surface area (Å²) in [6, 6.07) is 3.25. The summed E-state index contributed by atoms with van der Waals surface area (Å²) in [5.74, 6) is -0.0754. The van der Waals surface area contributed by atoms with Gasteiger partial charge in [0.15, 0.2) is 0 Å². The summed E-state index contributed by atoms with van der Waals surface area (Å²) >= 11 is 1.26. The number of rotatable bonds is 2. The largest absolute Gasteiger partial charge is 0.345 e. The zero-order valence-electron chi connectivity index (χ0n) is 14.2. The number of fused-ring (bicyclic) bond motifs is 1. The van der Waals surface area contributed by atoms with Crippen molar-refractivity contribution in [2.45, 2.75) is 55.2 Å². The van der Waals surface area contributed by atoms with Crippen molar-refractivity contribution in [2.24, 2.45) is 5.92 Å². The van der Waals surface area contributed by atoms with Crippen LogP contribution < -0.4 is 0 Å². The number of thiophene rings is 1. The Bertz CT molecular complexity index is 657. The number of nitrogens with zero attached hydrogens (tertiary/aromatic N) is 2. The molecule has 1 aliphatic heterocycles. The van der Waals surface area contributed by atoms with E-state index in [1.807, 2.05) is 11.9 Å². The van der Waals surface area contributed by atoms with Crippen LogP contribution in [-0.4, -0.2) is 49.7 Å². The molecule has 0 spiro atoms. The van der Waals surface area contributed by atoms with Crippen molar-refractivity contribution in [1.29, 1.82) is 0 Å². The minimum absolute atomic E-state index is 0.116. The van der Waals surface area contributed by atoms with E-state index < -0.39 is 10.0 Å². The standard InChI is InChI=1S/C17H26N2O3S2/c1-18-11-4-2-3-5-12-19(15-9-6-8-14(15)17(18)20)24(21,22)16-10-7-13-23-16/h7,10,13-15H,2-6,8-9,11-12H2,1H3/t14-,15+/m1/s1. The van der Waals surface area contributed by atoms with Gasteiger partial charge in [-0.1, -0.05) is 25.3 Å². The molecule has 2 aliphatic rings. The van der Waals surface area contributed by atoms with Crippen molar-refractivity contribution in [3.8, 4) is 0 Å². The van der Waals surface area contributed by atoms with E-state index in [4.69, 9.17) is 0 Å². The van der Waals surface area contributed by atoms with Gasteiger partial charge in [-0.3, -0.25) is 4.79 Å². The molecule has 1 saturated heterocycles. The molecule has 5 nitrogen and oxygen atoms in total. The van der Waals surface area contributed by atoms with Gasteiger partial charge in [0.05, 0.1) is 5.92 Å². The van der Waals surface area contributed by atoms with E-state index in [0.29, 0.717) is 10.8 Å². The number of amides is 1. The van der Waals surface area contributed by atoms with Gasteiger partial charge in [0.2, 0.25) is 5.91 Å². The Morgan fingerprint density at radius 2 is 1.83 bits per heavy atom. The van der Waals surface area contributed by atoms with Crippen LogP contribution in [0, 0.1) is 5.92 Å². The van der Waals surface area contributed by atoms with Crippen LogP contribution in [0.25, 0.3) is 0 Å². The number of carbonyl (C=O) groups excluding carboxylic acids is 1. The van der Waals surface area contributed by atoms with E-state index in [9.17, 15) is 13.2 Å². The summed E-state index contributed by atoms with van der Waals surface area (Å²) in [7, 11) is -1.66. The molecule has 3 rings (SSSR count). The normalized spacial score (nSPS) is 27.7. The SMILES string of the molecule is CN1CCCCCCN(S(=O)(=O)c2cccs2)[C@H]2CCC[C@H]2C1=O. The molecular weight excluding hydrogens is 344 g/mol. The molecule has 2 atom stereocenters. The Morgan fingerprint density at radius 1 is 1.08 bits per heavy atom. The highest BCUT2D eigenvalue weighted by Gasteiger charge is 2.43. The lowest BCUT2D eigenvalue weighted by Crippen LogP contribution is -2.47. The Kier molecular flexibility index (Phi) is 5.62. The first-order chi connectivity index (χ1) is 11.5. The van der Waals surface area contributed by atoms with Crippen molar-refractivity contribution < 1.29 is 13.2 Å². The van der Waals surface area contributed by atoms with Gasteiger partial charge in [-0.05, 0) is 37.1 Å². The smallest absolute Gasteiger partial charge is 0.252 e. The molecule has 7 heteroatoms. The average molecular weight is 371 g/mol. The van der Waals surface area contributed by atoms with Gasteiger partial charge in [-0.15, -0.1) is 11.3 Å². The maximum atomic E-state index is 13.1.